The van der Waals surface area contributed by atoms with Crippen molar-refractivity contribution in [3.63, 3.8) is 0 Å². The van der Waals surface area contributed by atoms with Crippen LogP contribution in [0.4, 0.5) is 10.5 Å². The lowest BCUT2D eigenvalue weighted by atomic mass is 9.84. The van der Waals surface area contributed by atoms with Gasteiger partial charge in [-0.3, -0.25) is 19.8 Å². The Labute approximate surface area is 125 Å². The highest BCUT2D eigenvalue weighted by atomic mass is 16.2. The number of nitrogens with one attached hydrogen (secondary N) is 1. The lowest BCUT2D eigenvalue weighted by Crippen LogP contribution is -2.83. The van der Waals surface area contributed by atoms with Gasteiger partial charge in [-0.2, -0.15) is 0 Å². The van der Waals surface area contributed by atoms with Gasteiger partial charge in [0.15, 0.2) is 5.54 Å². The van der Waals surface area contributed by atoms with Crippen molar-refractivity contribution in [1.82, 2.24) is 10.2 Å². The standard InChI is InChI=1S/C16H11N3O3/c20-13-10-5-1-3-9-4-2-6-11(12(9)10)19(13)16-7-18(8-16)15(22)17-14(16)21/h1-6H,7-8H2,(H,17,21,22). The molecular weight excluding hydrogens is 282 g/mol. The minimum atomic E-state index is -0.974. The highest BCUT2D eigenvalue weighted by Crippen LogP contribution is 2.44. The molecule has 4 amide bonds. The lowest BCUT2D eigenvalue weighted by molar-refractivity contribution is -0.133. The zero-order valence-corrected chi connectivity index (χ0v) is 11.5. The fourth-order valence-electron chi connectivity index (χ4n) is 3.75. The van der Waals surface area contributed by atoms with Gasteiger partial charge in [0.05, 0.1) is 18.8 Å². The van der Waals surface area contributed by atoms with Crippen LogP contribution in [0.1, 0.15) is 10.4 Å². The molecule has 3 saturated heterocycles. The Bertz CT molecular complexity index is 893. The number of fused-ring (bicyclic) bond motifs is 2. The molecule has 0 spiro atoms. The van der Waals surface area contributed by atoms with Crippen LogP contribution in [0.2, 0.25) is 0 Å². The molecule has 6 heteroatoms. The second-order valence-electron chi connectivity index (χ2n) is 5.97. The van der Waals surface area contributed by atoms with Gasteiger partial charge in [0, 0.05) is 10.9 Å². The van der Waals surface area contributed by atoms with Crippen LogP contribution in [0.3, 0.4) is 0 Å². The first-order chi connectivity index (χ1) is 10.6. The summed E-state index contributed by atoms with van der Waals surface area (Å²) in [6.07, 6.45) is 0. The quantitative estimate of drug-likeness (QED) is 0.856. The van der Waals surface area contributed by atoms with Crippen molar-refractivity contribution in [2.75, 3.05) is 18.0 Å². The summed E-state index contributed by atoms with van der Waals surface area (Å²) in [6, 6.07) is 10.9. The van der Waals surface area contributed by atoms with Crippen molar-refractivity contribution in [3.8, 4) is 0 Å². The highest BCUT2D eigenvalue weighted by molar-refractivity contribution is 6.28. The van der Waals surface area contributed by atoms with Crippen molar-refractivity contribution in [2.24, 2.45) is 0 Å². The van der Waals surface area contributed by atoms with Crippen molar-refractivity contribution in [1.29, 1.82) is 0 Å². The SMILES string of the molecule is O=C1NC(=O)C2(N3C(=O)c4cccc5cccc3c45)CN1C2. The third kappa shape index (κ3) is 1.11. The first-order valence-electron chi connectivity index (χ1n) is 7.08. The summed E-state index contributed by atoms with van der Waals surface area (Å²) in [5, 5.41) is 4.19. The van der Waals surface area contributed by atoms with E-state index in [-0.39, 0.29) is 25.0 Å². The molecule has 4 heterocycles. The monoisotopic (exact) mass is 293 g/mol. The Hall–Kier alpha value is -2.89. The Kier molecular flexibility index (Phi) is 1.85. The molecule has 0 aromatic heterocycles. The number of rotatable bonds is 1. The molecule has 0 aliphatic carbocycles. The van der Waals surface area contributed by atoms with Crippen LogP contribution < -0.4 is 10.2 Å². The Balaban J connectivity index is 1.73. The zero-order chi connectivity index (χ0) is 15.1. The minimum absolute atomic E-state index is 0.170. The number of nitrogens with zero attached hydrogens (tertiary/aromatic N) is 2. The van der Waals surface area contributed by atoms with E-state index in [9.17, 15) is 14.4 Å². The molecule has 4 aliphatic heterocycles. The number of hydrogen-bond acceptors (Lipinski definition) is 3. The van der Waals surface area contributed by atoms with Crippen LogP contribution in [0.15, 0.2) is 36.4 Å². The predicted molar refractivity (Wildman–Crippen MR) is 78.6 cm³/mol. The van der Waals surface area contributed by atoms with Crippen LogP contribution in [0, 0.1) is 0 Å². The zero-order valence-electron chi connectivity index (χ0n) is 11.5. The summed E-state index contributed by atoms with van der Waals surface area (Å²) in [5.41, 5.74) is 0.394. The van der Waals surface area contributed by atoms with Gasteiger partial charge >= 0.3 is 6.03 Å². The average Bonchev–Trinajstić information content (AvgIpc) is 2.74. The topological polar surface area (TPSA) is 69.7 Å². The van der Waals surface area contributed by atoms with Crippen LogP contribution >= 0.6 is 0 Å². The maximum atomic E-state index is 12.9. The Morgan fingerprint density at radius 3 is 2.45 bits per heavy atom. The summed E-state index contributed by atoms with van der Waals surface area (Å²) in [7, 11) is 0. The van der Waals surface area contributed by atoms with Gasteiger partial charge in [-0.05, 0) is 17.5 Å². The molecular formula is C16H11N3O3. The first-order valence-corrected chi connectivity index (χ1v) is 7.08. The number of amides is 4. The van der Waals surface area contributed by atoms with Crippen LogP contribution in [0.25, 0.3) is 10.8 Å². The van der Waals surface area contributed by atoms with Gasteiger partial charge in [-0.25, -0.2) is 4.79 Å². The average molecular weight is 293 g/mol. The van der Waals surface area contributed by atoms with Crippen molar-refractivity contribution in [3.05, 3.63) is 42.0 Å². The van der Waals surface area contributed by atoms with E-state index in [1.807, 2.05) is 30.3 Å². The van der Waals surface area contributed by atoms with Gasteiger partial charge < -0.3 is 4.90 Å². The molecule has 6 rings (SSSR count). The number of urea groups is 1. The minimum Gasteiger partial charge on any atom is -0.318 e. The highest BCUT2D eigenvalue weighted by Gasteiger charge is 2.62. The molecule has 0 atom stereocenters. The van der Waals surface area contributed by atoms with E-state index in [1.165, 1.54) is 4.90 Å². The fraction of sp³-hybridized carbons (Fsp3) is 0.188. The maximum Gasteiger partial charge on any atom is 0.324 e. The van der Waals surface area contributed by atoms with E-state index in [0.29, 0.717) is 5.56 Å². The molecule has 0 unspecified atom stereocenters. The van der Waals surface area contributed by atoms with E-state index in [1.54, 1.807) is 11.0 Å². The second kappa shape index (κ2) is 3.47. The number of carbonyl (C=O) groups excluding carboxylic acids is 3. The normalized spacial score (nSPS) is 21.2. The summed E-state index contributed by atoms with van der Waals surface area (Å²) in [5.74, 6) is -0.561. The van der Waals surface area contributed by atoms with Gasteiger partial charge in [-0.1, -0.05) is 24.3 Å². The Morgan fingerprint density at radius 2 is 1.73 bits per heavy atom. The van der Waals surface area contributed by atoms with E-state index in [0.717, 1.165) is 16.5 Å². The maximum absolute atomic E-state index is 12.9. The molecule has 2 aromatic carbocycles. The summed E-state index contributed by atoms with van der Waals surface area (Å²) in [4.78, 5) is 40.0. The summed E-state index contributed by atoms with van der Waals surface area (Å²) < 4.78 is 0. The number of imide groups is 1. The Morgan fingerprint density at radius 1 is 1.00 bits per heavy atom. The van der Waals surface area contributed by atoms with Gasteiger partial charge in [-0.15, -0.1) is 0 Å². The molecule has 2 aromatic rings. The molecule has 0 radical (unpaired) electrons. The molecule has 22 heavy (non-hydrogen) atoms. The van der Waals surface area contributed by atoms with E-state index < -0.39 is 11.4 Å². The molecule has 1 N–H and O–H groups in total. The number of anilines is 1. The van der Waals surface area contributed by atoms with Crippen LogP contribution in [-0.4, -0.2) is 41.4 Å². The summed E-state index contributed by atoms with van der Waals surface area (Å²) >= 11 is 0. The molecule has 3 fully saturated rings. The number of carbonyl (C=O) groups is 3. The molecule has 2 bridgehead atoms. The van der Waals surface area contributed by atoms with Crippen molar-refractivity contribution >= 4 is 34.3 Å². The van der Waals surface area contributed by atoms with Gasteiger partial charge in [0.1, 0.15) is 0 Å². The van der Waals surface area contributed by atoms with Crippen molar-refractivity contribution < 1.29 is 14.4 Å². The molecule has 108 valence electrons. The number of benzene rings is 2. The van der Waals surface area contributed by atoms with Gasteiger partial charge in [0.25, 0.3) is 11.8 Å². The first kappa shape index (κ1) is 11.7. The largest absolute Gasteiger partial charge is 0.324 e. The summed E-state index contributed by atoms with van der Waals surface area (Å²) in [6.45, 7) is 0.515. The third-order valence-corrected chi connectivity index (χ3v) is 4.82. The fourth-order valence-corrected chi connectivity index (χ4v) is 3.75. The third-order valence-electron chi connectivity index (χ3n) is 4.82. The van der Waals surface area contributed by atoms with E-state index >= 15 is 0 Å². The van der Waals surface area contributed by atoms with E-state index in [4.69, 9.17) is 0 Å². The van der Waals surface area contributed by atoms with Crippen LogP contribution in [0.5, 0.6) is 0 Å². The number of hydrogen-bond donors (Lipinski definition) is 1. The second-order valence-corrected chi connectivity index (χ2v) is 5.97. The van der Waals surface area contributed by atoms with E-state index in [2.05, 4.69) is 5.32 Å². The smallest absolute Gasteiger partial charge is 0.318 e. The lowest BCUT2D eigenvalue weighted by Gasteiger charge is -2.56. The van der Waals surface area contributed by atoms with Crippen LogP contribution in [-0.2, 0) is 4.79 Å². The molecule has 6 nitrogen and oxygen atoms in total. The predicted octanol–water partition coefficient (Wildman–Crippen LogP) is 1.10. The molecule has 0 saturated carbocycles. The van der Waals surface area contributed by atoms with Crippen molar-refractivity contribution in [2.45, 2.75) is 5.54 Å². The van der Waals surface area contributed by atoms with Gasteiger partial charge in [0.2, 0.25) is 0 Å². The molecule has 4 aliphatic rings.